The molecule has 1 amide bonds. The Morgan fingerprint density at radius 3 is 2.25 bits per heavy atom. The first-order valence-corrected chi connectivity index (χ1v) is 25.4. The quantitative estimate of drug-likeness (QED) is 0.0248. The highest BCUT2D eigenvalue weighted by molar-refractivity contribution is 6.25. The number of methoxy groups -OCH3 is 1. The summed E-state index contributed by atoms with van der Waals surface area (Å²) in [6.07, 6.45) is 7.30. The van der Waals surface area contributed by atoms with Gasteiger partial charge in [0.2, 0.25) is 5.43 Å². The van der Waals surface area contributed by atoms with Gasteiger partial charge in [0.15, 0.2) is 11.5 Å². The molecule has 4 aliphatic heterocycles. The molecule has 5 bridgehead atoms. The number of esters is 1. The van der Waals surface area contributed by atoms with E-state index in [0.29, 0.717) is 5.52 Å². The third kappa shape index (κ3) is 10.4. The monoisotopic (exact) mass is 1070 g/mol. The predicted octanol–water partition coefficient (Wildman–Crippen LogP) is 6.39. The number of nitrogens with one attached hydrogen (secondary N) is 1. The van der Waals surface area contributed by atoms with Gasteiger partial charge >= 0.3 is 11.9 Å². The molecule has 9 atom stereocenters. The maximum Gasteiger partial charge on any atom is 0.341 e. The standard InChI is InChI=1S/C55H65FN6O15/c1-25-11-10-12-26(2)53(70)58-43-34(23-57-61-18-16-60(17-19-61)38-22-37-33(21-36(38)56)47(67)35(54(71)72)24-62(37)32-13-14-32)48(68)40-41(49(43)69)46(66)30(6)51-42(40)52(59-73)55(8,77-51)75-20-15-39(74-9)27(3)50(76-31(7)63)29(5)45(65)28(4)44(25)64/h10-12,15,20-25,27-29,32,39,44-45,50,64-66,68-69,73H,13-14,16-19H2,1-9H3,(H,58,70)(H,71,72)/b11-10+,20-15+,26-12-,57-23+,59-52+/t25-,27+,28+,29+,39-,44-,45+,50+,55-/m0/s1. The highest BCUT2D eigenvalue weighted by Crippen LogP contribution is 2.55. The van der Waals surface area contributed by atoms with Crippen LogP contribution in [0.15, 0.2) is 69.5 Å². The van der Waals surface area contributed by atoms with Gasteiger partial charge in [-0.3, -0.25) is 19.4 Å². The van der Waals surface area contributed by atoms with Crippen LogP contribution in [0.4, 0.5) is 15.8 Å². The number of phenols is 3. The molecule has 3 aromatic carbocycles. The van der Waals surface area contributed by atoms with Gasteiger partial charge in [-0.05, 0) is 44.9 Å². The third-order valence-corrected chi connectivity index (χ3v) is 15.4. The number of piperazine rings is 1. The van der Waals surface area contributed by atoms with Crippen LogP contribution in [0.3, 0.4) is 0 Å². The average molecular weight is 1070 g/mol. The molecule has 5 aliphatic rings. The number of ether oxygens (including phenoxy) is 4. The molecule has 1 aromatic heterocycles. The minimum absolute atomic E-state index is 0.0253. The minimum atomic E-state index is -1.99. The fourth-order valence-electron chi connectivity index (χ4n) is 10.6. The predicted molar refractivity (Wildman–Crippen MR) is 283 cm³/mol. The van der Waals surface area contributed by atoms with Gasteiger partial charge in [0, 0.05) is 91.9 Å². The number of carboxylic acid groups (broad SMARTS) is 1. The number of amides is 1. The van der Waals surface area contributed by atoms with Gasteiger partial charge in [-0.25, -0.2) is 9.18 Å². The summed E-state index contributed by atoms with van der Waals surface area (Å²) in [4.78, 5) is 53.4. The summed E-state index contributed by atoms with van der Waals surface area (Å²) in [6, 6.07) is 2.59. The van der Waals surface area contributed by atoms with Crippen LogP contribution in [0.2, 0.25) is 0 Å². The number of benzene rings is 3. The number of pyridine rings is 1. The van der Waals surface area contributed by atoms with Crippen LogP contribution in [0.25, 0.3) is 21.7 Å². The second kappa shape index (κ2) is 21.7. The Kier molecular flexibility index (Phi) is 15.7. The molecule has 1 aliphatic carbocycles. The number of halogens is 1. The Morgan fingerprint density at radius 2 is 1.62 bits per heavy atom. The number of hydrogen-bond acceptors (Lipinski definition) is 18. The number of aromatic hydroxyl groups is 3. The van der Waals surface area contributed by atoms with E-state index in [1.807, 2.05) is 0 Å². The van der Waals surface area contributed by atoms with E-state index < -0.39 is 106 Å². The van der Waals surface area contributed by atoms with E-state index in [1.54, 1.807) is 60.4 Å². The Labute approximate surface area is 442 Å². The molecule has 9 rings (SSSR count). The van der Waals surface area contributed by atoms with Gasteiger partial charge in [-0.15, -0.1) is 0 Å². The second-order valence-electron chi connectivity index (χ2n) is 20.6. The number of allylic oxidation sites excluding steroid dienone is 2. The van der Waals surface area contributed by atoms with E-state index in [-0.39, 0.29) is 93.5 Å². The number of carbonyl (C=O) groups excluding carboxylic acids is 2. The second-order valence-corrected chi connectivity index (χ2v) is 20.6. The third-order valence-electron chi connectivity index (χ3n) is 15.4. The van der Waals surface area contributed by atoms with Crippen molar-refractivity contribution in [2.45, 2.75) is 104 Å². The Balaban J connectivity index is 1.20. The first kappa shape index (κ1) is 55.5. The number of aromatic carboxylic acids is 1. The fourth-order valence-corrected chi connectivity index (χ4v) is 10.6. The van der Waals surface area contributed by atoms with E-state index in [9.17, 15) is 55.0 Å². The normalized spacial score (nSPS) is 28.6. The van der Waals surface area contributed by atoms with Crippen molar-refractivity contribution in [3.63, 3.8) is 0 Å². The lowest BCUT2D eigenvalue weighted by Gasteiger charge is -2.38. The molecule has 0 radical (unpaired) electrons. The maximum absolute atomic E-state index is 15.9. The lowest BCUT2D eigenvalue weighted by molar-refractivity contribution is -0.160. The topological polar surface area (TPSA) is 295 Å². The van der Waals surface area contributed by atoms with Crippen molar-refractivity contribution in [3.8, 4) is 23.0 Å². The largest absolute Gasteiger partial charge is 0.507 e. The summed E-state index contributed by atoms with van der Waals surface area (Å²) in [5.41, 5.74) is -1.53. The summed E-state index contributed by atoms with van der Waals surface area (Å²) < 4.78 is 41.7. The molecular formula is C55H65FN6O15. The molecule has 5 heterocycles. The van der Waals surface area contributed by atoms with Crippen molar-refractivity contribution in [3.05, 3.63) is 92.8 Å². The van der Waals surface area contributed by atoms with Crippen LogP contribution >= 0.6 is 0 Å². The molecule has 412 valence electrons. The van der Waals surface area contributed by atoms with Crippen LogP contribution in [0, 0.1) is 36.4 Å². The number of carbonyl (C=O) groups is 3. The number of fused-ring (bicyclic) bond motifs is 15. The number of hydrazone groups is 1. The number of anilines is 2. The minimum Gasteiger partial charge on any atom is -0.507 e. The van der Waals surface area contributed by atoms with Gasteiger partial charge in [-0.2, -0.15) is 5.10 Å². The summed E-state index contributed by atoms with van der Waals surface area (Å²) in [7, 11) is 1.42. The summed E-state index contributed by atoms with van der Waals surface area (Å²) in [5, 5.41) is 91.9. The van der Waals surface area contributed by atoms with E-state index in [0.717, 1.165) is 18.9 Å². The molecule has 1 saturated carbocycles. The van der Waals surface area contributed by atoms with Crippen molar-refractivity contribution >= 4 is 62.8 Å². The smallest absolute Gasteiger partial charge is 0.341 e. The van der Waals surface area contributed by atoms with E-state index in [2.05, 4.69) is 15.6 Å². The van der Waals surface area contributed by atoms with Crippen LogP contribution in [-0.4, -0.2) is 139 Å². The number of rotatable bonds is 7. The zero-order valence-electron chi connectivity index (χ0n) is 44.1. The van der Waals surface area contributed by atoms with Gasteiger partial charge < -0.3 is 69.6 Å². The van der Waals surface area contributed by atoms with Crippen molar-refractivity contribution < 1.29 is 73.6 Å². The van der Waals surface area contributed by atoms with Gasteiger partial charge in [0.05, 0.1) is 77.3 Å². The van der Waals surface area contributed by atoms with Crippen LogP contribution in [0.1, 0.15) is 94.4 Å². The Bertz CT molecular complexity index is 3250. The first-order valence-electron chi connectivity index (χ1n) is 25.4. The van der Waals surface area contributed by atoms with Crippen molar-refractivity contribution in [1.82, 2.24) is 9.58 Å². The van der Waals surface area contributed by atoms with Gasteiger partial charge in [0.1, 0.15) is 34.7 Å². The molecule has 0 spiro atoms. The number of phenolic OH excluding ortho intramolecular Hbond substituents is 3. The highest BCUT2D eigenvalue weighted by Gasteiger charge is 2.49. The molecule has 4 aromatic rings. The molecule has 0 unspecified atom stereocenters. The highest BCUT2D eigenvalue weighted by atomic mass is 19.1. The van der Waals surface area contributed by atoms with Crippen molar-refractivity contribution in [2.75, 3.05) is 43.5 Å². The van der Waals surface area contributed by atoms with Crippen LogP contribution < -0.4 is 20.4 Å². The van der Waals surface area contributed by atoms with E-state index >= 15 is 4.39 Å². The molecule has 1 saturated heterocycles. The van der Waals surface area contributed by atoms with Crippen LogP contribution in [0.5, 0.6) is 23.0 Å². The lowest BCUT2D eigenvalue weighted by atomic mass is 9.78. The summed E-state index contributed by atoms with van der Waals surface area (Å²) >= 11 is 0. The lowest BCUT2D eigenvalue weighted by Crippen LogP contribution is -2.46. The number of aliphatic hydroxyl groups excluding tert-OH is 2. The Hall–Kier alpha value is -7.69. The summed E-state index contributed by atoms with van der Waals surface area (Å²) in [6.45, 7) is 13.2. The molecule has 77 heavy (non-hydrogen) atoms. The molecule has 21 nitrogen and oxygen atoms in total. The van der Waals surface area contributed by atoms with Crippen molar-refractivity contribution in [2.24, 2.45) is 33.9 Å². The average Bonchev–Trinajstić information content (AvgIpc) is 4.42. The Morgan fingerprint density at radius 1 is 0.935 bits per heavy atom. The van der Waals surface area contributed by atoms with E-state index in [1.165, 1.54) is 65.6 Å². The summed E-state index contributed by atoms with van der Waals surface area (Å²) in [5.74, 6) is -10.2. The van der Waals surface area contributed by atoms with Crippen molar-refractivity contribution in [1.29, 1.82) is 0 Å². The number of aliphatic hydroxyl groups is 2. The molecule has 8 N–H and O–H groups in total. The van der Waals surface area contributed by atoms with E-state index in [4.69, 9.17) is 18.9 Å². The maximum atomic E-state index is 15.9. The molecule has 2 fully saturated rings. The zero-order valence-corrected chi connectivity index (χ0v) is 44.1. The van der Waals surface area contributed by atoms with Crippen LogP contribution in [-0.2, 0) is 23.8 Å². The first-order chi connectivity index (χ1) is 36.4. The zero-order chi connectivity index (χ0) is 56.1. The number of carboxylic acids is 1. The van der Waals surface area contributed by atoms with Gasteiger partial charge in [-0.1, -0.05) is 51.1 Å². The molecular weight excluding hydrogens is 1000 g/mol. The number of aromatic nitrogens is 1. The SMILES string of the molecule is CO[C@H]1/C=C/O[C@@]2(C)Oc3c(C)c(O)c4c(O)c(c(/C=N/N5CCN(c6cc7c(cc6F)c(=O)c(C(=O)O)cn7C6CC6)CC5)c(O)c4c3/C2=N\O)NC(=O)/C(C)=C\C=C\[C@H](C)[C@H](O)[C@@H](C)[C@@H](O)[C@@H](C)[C@H](OC(C)=O)[C@@H]1C. The number of oxime groups is 1. The fraction of sp³-hybridized carbons (Fsp3) is 0.455. The molecule has 22 heteroatoms. The number of nitrogens with zero attached hydrogens (tertiary/aromatic N) is 5. The van der Waals surface area contributed by atoms with Gasteiger partial charge in [0.25, 0.3) is 11.7 Å². The number of hydrogen-bond donors (Lipinski definition) is 8.